The predicted octanol–water partition coefficient (Wildman–Crippen LogP) is 6.48. The Balaban J connectivity index is 0.000000277. The van der Waals surface area contributed by atoms with E-state index in [1.54, 1.807) is 29.2 Å². The fraction of sp³-hybridized carbons (Fsp3) is 0.552. The van der Waals surface area contributed by atoms with Gasteiger partial charge in [-0.1, -0.05) is 0 Å². The quantitative estimate of drug-likeness (QED) is 0.443. The molecule has 1 N–H and O–H groups in total. The third-order valence-electron chi connectivity index (χ3n) is 6.32. The molecular formula is C29H41ClF2N2O4. The second kappa shape index (κ2) is 15.7. The number of carbonyl (C=O) groups is 1. The van der Waals surface area contributed by atoms with Crippen LogP contribution in [0.15, 0.2) is 48.5 Å². The lowest BCUT2D eigenvalue weighted by molar-refractivity contribution is 0.0165. The van der Waals surface area contributed by atoms with E-state index in [-0.39, 0.29) is 30.1 Å². The Labute approximate surface area is 231 Å². The fourth-order valence-corrected chi connectivity index (χ4v) is 4.15. The van der Waals surface area contributed by atoms with E-state index in [1.807, 2.05) is 20.8 Å². The second-order valence-electron chi connectivity index (χ2n) is 10.6. The van der Waals surface area contributed by atoms with Crippen LogP contribution < -0.4 is 14.8 Å². The van der Waals surface area contributed by atoms with Gasteiger partial charge in [-0.15, -0.1) is 12.4 Å². The number of piperidine rings is 2. The molecular weight excluding hydrogens is 514 g/mol. The first-order valence-corrected chi connectivity index (χ1v) is 13.1. The maximum atomic E-state index is 12.8. The number of amides is 1. The van der Waals surface area contributed by atoms with E-state index in [0.29, 0.717) is 37.3 Å². The van der Waals surface area contributed by atoms with Gasteiger partial charge in [-0.25, -0.2) is 13.6 Å². The molecule has 0 unspecified atom stereocenters. The molecule has 0 radical (unpaired) electrons. The highest BCUT2D eigenvalue weighted by Gasteiger charge is 2.27. The molecule has 2 heterocycles. The smallest absolute Gasteiger partial charge is 0.410 e. The lowest BCUT2D eigenvalue weighted by Crippen LogP contribution is -2.42. The molecule has 9 heteroatoms. The number of hydrogen-bond donors (Lipinski definition) is 1. The van der Waals surface area contributed by atoms with E-state index in [4.69, 9.17) is 14.2 Å². The summed E-state index contributed by atoms with van der Waals surface area (Å²) in [4.78, 5) is 13.7. The first kappa shape index (κ1) is 31.6. The molecule has 2 fully saturated rings. The molecule has 0 aliphatic carbocycles. The summed E-state index contributed by atoms with van der Waals surface area (Å²) in [7, 11) is 0. The molecule has 212 valence electrons. The number of halogens is 3. The van der Waals surface area contributed by atoms with Crippen molar-refractivity contribution < 1.29 is 27.8 Å². The molecule has 0 spiro atoms. The standard InChI is InChI=1S/C17H24FNO3.C12H16FNO.ClH/c1-17(2,3)22-16(20)19-10-8-13(9-11-19)12-21-15-6-4-14(18)5-7-15;13-11-1-3-12(4-2-11)15-9-10-5-7-14-8-6-10;/h4-7,13H,8-12H2,1-3H3;1-4,10,14H,5-9H2;1H. The van der Waals surface area contributed by atoms with Gasteiger partial charge < -0.3 is 24.4 Å². The maximum absolute atomic E-state index is 12.8. The van der Waals surface area contributed by atoms with Crippen LogP contribution in [0.5, 0.6) is 11.5 Å². The lowest BCUT2D eigenvalue weighted by Gasteiger charge is -2.33. The number of hydrogen-bond acceptors (Lipinski definition) is 5. The van der Waals surface area contributed by atoms with Crippen molar-refractivity contribution in [3.63, 3.8) is 0 Å². The zero-order valence-corrected chi connectivity index (χ0v) is 23.4. The average Bonchev–Trinajstić information content (AvgIpc) is 2.88. The number of carbonyl (C=O) groups excluding carboxylic acids is 1. The van der Waals surface area contributed by atoms with Crippen molar-refractivity contribution in [3.05, 3.63) is 60.2 Å². The van der Waals surface area contributed by atoms with Crippen LogP contribution in [0.3, 0.4) is 0 Å². The van der Waals surface area contributed by atoms with Gasteiger partial charge in [0.1, 0.15) is 28.7 Å². The number of likely N-dealkylation sites (tertiary alicyclic amines) is 1. The summed E-state index contributed by atoms with van der Waals surface area (Å²) in [6.07, 6.45) is 3.87. The van der Waals surface area contributed by atoms with E-state index >= 15 is 0 Å². The Hall–Kier alpha value is -2.58. The molecule has 2 aromatic rings. The summed E-state index contributed by atoms with van der Waals surface area (Å²) in [5.41, 5.74) is -0.459. The van der Waals surface area contributed by atoms with Gasteiger partial charge in [-0.05, 0) is 120 Å². The summed E-state index contributed by atoms with van der Waals surface area (Å²) in [5.74, 6) is 1.99. The second-order valence-corrected chi connectivity index (χ2v) is 10.6. The average molecular weight is 555 g/mol. The van der Waals surface area contributed by atoms with Crippen LogP contribution in [0.2, 0.25) is 0 Å². The fourth-order valence-electron chi connectivity index (χ4n) is 4.15. The zero-order chi connectivity index (χ0) is 26.7. The van der Waals surface area contributed by atoms with Crippen molar-refractivity contribution >= 4 is 18.5 Å². The van der Waals surface area contributed by atoms with Gasteiger partial charge in [0, 0.05) is 13.1 Å². The van der Waals surface area contributed by atoms with Crippen LogP contribution in [0.25, 0.3) is 0 Å². The number of ether oxygens (including phenoxy) is 3. The van der Waals surface area contributed by atoms with Crippen LogP contribution in [-0.4, -0.2) is 56.0 Å². The minimum Gasteiger partial charge on any atom is -0.493 e. The zero-order valence-electron chi connectivity index (χ0n) is 22.6. The van der Waals surface area contributed by atoms with Crippen molar-refractivity contribution in [2.45, 2.75) is 52.1 Å². The highest BCUT2D eigenvalue weighted by atomic mass is 35.5. The molecule has 2 aliphatic rings. The van der Waals surface area contributed by atoms with E-state index in [1.165, 1.54) is 37.1 Å². The third-order valence-corrected chi connectivity index (χ3v) is 6.32. The van der Waals surface area contributed by atoms with Crippen molar-refractivity contribution in [2.24, 2.45) is 11.8 Å². The van der Waals surface area contributed by atoms with Crippen molar-refractivity contribution in [2.75, 3.05) is 39.4 Å². The summed E-state index contributed by atoms with van der Waals surface area (Å²) in [6, 6.07) is 12.2. The molecule has 2 aliphatic heterocycles. The Morgan fingerprint density at radius 2 is 1.24 bits per heavy atom. The minimum absolute atomic E-state index is 0. The Kier molecular flexibility index (Phi) is 13.1. The normalized spacial score (nSPS) is 16.5. The Bertz CT molecular complexity index is 941. The predicted molar refractivity (Wildman–Crippen MR) is 147 cm³/mol. The summed E-state index contributed by atoms with van der Waals surface area (Å²) in [5, 5.41) is 3.32. The molecule has 0 aromatic heterocycles. The molecule has 6 nitrogen and oxygen atoms in total. The molecule has 0 saturated carbocycles. The van der Waals surface area contributed by atoms with Gasteiger partial charge in [0.15, 0.2) is 0 Å². The molecule has 0 atom stereocenters. The summed E-state index contributed by atoms with van der Waals surface area (Å²) >= 11 is 0. The first-order chi connectivity index (χ1) is 17.7. The summed E-state index contributed by atoms with van der Waals surface area (Å²) in [6.45, 7) is 10.5. The van der Waals surface area contributed by atoms with E-state index in [2.05, 4.69) is 5.32 Å². The summed E-state index contributed by atoms with van der Waals surface area (Å²) < 4.78 is 42.1. The number of rotatable bonds is 6. The monoisotopic (exact) mass is 554 g/mol. The SMILES string of the molecule is CC(C)(C)OC(=O)N1CCC(COc2ccc(F)cc2)CC1.Cl.Fc1ccc(OCC2CCNCC2)cc1. The van der Waals surface area contributed by atoms with Crippen LogP contribution in [0, 0.1) is 23.5 Å². The van der Waals surface area contributed by atoms with Crippen molar-refractivity contribution in [1.29, 1.82) is 0 Å². The van der Waals surface area contributed by atoms with E-state index in [9.17, 15) is 13.6 Å². The number of nitrogens with zero attached hydrogens (tertiary/aromatic N) is 1. The molecule has 38 heavy (non-hydrogen) atoms. The van der Waals surface area contributed by atoms with Gasteiger partial charge in [0.2, 0.25) is 0 Å². The lowest BCUT2D eigenvalue weighted by atomic mass is 9.98. The van der Waals surface area contributed by atoms with Crippen molar-refractivity contribution in [1.82, 2.24) is 10.2 Å². The number of nitrogens with one attached hydrogen (secondary N) is 1. The van der Waals surface area contributed by atoms with Crippen LogP contribution in [0.4, 0.5) is 13.6 Å². The van der Waals surface area contributed by atoms with Gasteiger partial charge >= 0.3 is 6.09 Å². The molecule has 1 amide bonds. The van der Waals surface area contributed by atoms with Crippen LogP contribution in [-0.2, 0) is 4.74 Å². The molecule has 2 saturated heterocycles. The van der Waals surface area contributed by atoms with E-state index < -0.39 is 5.60 Å². The van der Waals surface area contributed by atoms with E-state index in [0.717, 1.165) is 38.3 Å². The highest BCUT2D eigenvalue weighted by molar-refractivity contribution is 5.85. The third kappa shape index (κ3) is 11.9. The number of benzene rings is 2. The highest BCUT2D eigenvalue weighted by Crippen LogP contribution is 2.21. The Morgan fingerprint density at radius 1 is 0.816 bits per heavy atom. The van der Waals surface area contributed by atoms with Gasteiger partial charge in [-0.2, -0.15) is 0 Å². The first-order valence-electron chi connectivity index (χ1n) is 13.1. The van der Waals surface area contributed by atoms with Crippen LogP contribution in [0.1, 0.15) is 46.5 Å². The minimum atomic E-state index is -0.459. The molecule has 4 rings (SSSR count). The van der Waals surface area contributed by atoms with Gasteiger partial charge in [0.05, 0.1) is 13.2 Å². The largest absolute Gasteiger partial charge is 0.493 e. The van der Waals surface area contributed by atoms with Crippen LogP contribution >= 0.6 is 12.4 Å². The maximum Gasteiger partial charge on any atom is 0.410 e. The topological polar surface area (TPSA) is 60.0 Å². The molecule has 2 aromatic carbocycles. The molecule has 0 bridgehead atoms. The van der Waals surface area contributed by atoms with Gasteiger partial charge in [-0.3, -0.25) is 0 Å². The van der Waals surface area contributed by atoms with Crippen molar-refractivity contribution in [3.8, 4) is 11.5 Å². The van der Waals surface area contributed by atoms with Gasteiger partial charge in [0.25, 0.3) is 0 Å². The Morgan fingerprint density at radius 3 is 1.66 bits per heavy atom.